The Hall–Kier alpha value is -2.38. The lowest BCUT2D eigenvalue weighted by molar-refractivity contribution is 0.472. The Labute approximate surface area is 123 Å². The van der Waals surface area contributed by atoms with Crippen molar-refractivity contribution in [3.05, 3.63) is 52.1 Å². The zero-order valence-electron chi connectivity index (χ0n) is 11.6. The molecule has 0 aromatic heterocycles. The normalized spacial score (nSPS) is 22.6. The van der Waals surface area contributed by atoms with Crippen LogP contribution in [0.2, 0.25) is 0 Å². The summed E-state index contributed by atoms with van der Waals surface area (Å²) in [6.07, 6.45) is 8.91. The highest BCUT2D eigenvalue weighted by molar-refractivity contribution is 5.54. The fourth-order valence-electron chi connectivity index (χ4n) is 2.91. The number of nitrogens with one attached hydrogen (secondary N) is 2. The maximum atomic E-state index is 9.07. The summed E-state index contributed by atoms with van der Waals surface area (Å²) in [6, 6.07) is 7.12. The third-order valence-corrected chi connectivity index (χ3v) is 4.26. The number of benzene rings is 1. The van der Waals surface area contributed by atoms with Gasteiger partial charge in [-0.05, 0) is 30.2 Å². The lowest BCUT2D eigenvalue weighted by atomic mass is 9.89. The second-order valence-corrected chi connectivity index (χ2v) is 5.74. The molecule has 2 heterocycles. The number of anilines is 1. The van der Waals surface area contributed by atoms with E-state index in [0.717, 1.165) is 36.1 Å². The fraction of sp³-hybridized carbons (Fsp3) is 0.294. The van der Waals surface area contributed by atoms with Crippen molar-refractivity contribution in [1.82, 2.24) is 5.32 Å². The summed E-state index contributed by atoms with van der Waals surface area (Å²) in [4.78, 5) is 4.37. The molecule has 4 nitrogen and oxygen atoms in total. The van der Waals surface area contributed by atoms with Crippen LogP contribution in [0.25, 0.3) is 6.20 Å². The first-order chi connectivity index (χ1) is 10.3. The van der Waals surface area contributed by atoms with E-state index < -0.39 is 0 Å². The van der Waals surface area contributed by atoms with Crippen molar-refractivity contribution in [2.45, 2.75) is 18.4 Å². The minimum absolute atomic E-state index is 0.281. The predicted molar refractivity (Wildman–Crippen MR) is 82.2 cm³/mol. The van der Waals surface area contributed by atoms with Crippen LogP contribution in [0.1, 0.15) is 17.9 Å². The third-order valence-electron chi connectivity index (χ3n) is 4.26. The standard InChI is InChI=1S/C17H16N4/c18-7-11-2-1-3-12(4-11)13-5-14-8-20-17(14)16(6-13)21-15-9-19-10-15/h1-2,4-6,8,12,15,19,21H,3,9-10H2. The molecule has 0 saturated carbocycles. The maximum Gasteiger partial charge on any atom is 0.0988 e. The highest BCUT2D eigenvalue weighted by Gasteiger charge is 2.20. The van der Waals surface area contributed by atoms with E-state index in [1.54, 1.807) is 0 Å². The van der Waals surface area contributed by atoms with Gasteiger partial charge in [-0.3, -0.25) is 4.99 Å². The quantitative estimate of drug-likeness (QED) is 0.863. The van der Waals surface area contributed by atoms with E-state index in [4.69, 9.17) is 5.26 Å². The van der Waals surface area contributed by atoms with Gasteiger partial charge in [0.2, 0.25) is 0 Å². The molecule has 1 fully saturated rings. The molecule has 2 aliphatic heterocycles. The highest BCUT2D eigenvalue weighted by atomic mass is 15.1. The van der Waals surface area contributed by atoms with Crippen LogP contribution >= 0.6 is 0 Å². The van der Waals surface area contributed by atoms with Gasteiger partial charge in [0.1, 0.15) is 0 Å². The Bertz CT molecular complexity index is 806. The number of hydrogen-bond acceptors (Lipinski definition) is 4. The Kier molecular flexibility index (Phi) is 2.87. The van der Waals surface area contributed by atoms with Gasteiger partial charge in [0, 0.05) is 36.0 Å². The van der Waals surface area contributed by atoms with E-state index in [1.165, 1.54) is 10.8 Å². The van der Waals surface area contributed by atoms with Crippen LogP contribution < -0.4 is 21.2 Å². The van der Waals surface area contributed by atoms with Crippen LogP contribution in [0.5, 0.6) is 0 Å². The Morgan fingerprint density at radius 2 is 2.24 bits per heavy atom. The second-order valence-electron chi connectivity index (χ2n) is 5.74. The molecule has 2 N–H and O–H groups in total. The summed E-state index contributed by atoms with van der Waals surface area (Å²) in [5.41, 5.74) is 3.13. The Morgan fingerprint density at radius 3 is 2.90 bits per heavy atom. The summed E-state index contributed by atoms with van der Waals surface area (Å²) >= 11 is 0. The Morgan fingerprint density at radius 1 is 1.33 bits per heavy atom. The predicted octanol–water partition coefficient (Wildman–Crippen LogP) is 0.935. The van der Waals surface area contributed by atoms with Crippen molar-refractivity contribution in [2.75, 3.05) is 18.4 Å². The smallest absolute Gasteiger partial charge is 0.0988 e. The summed E-state index contributed by atoms with van der Waals surface area (Å²) in [5, 5.41) is 18.2. The Balaban J connectivity index is 1.69. The van der Waals surface area contributed by atoms with Crippen molar-refractivity contribution < 1.29 is 0 Å². The van der Waals surface area contributed by atoms with Gasteiger partial charge in [0.25, 0.3) is 0 Å². The number of hydrogen-bond donors (Lipinski definition) is 2. The third kappa shape index (κ3) is 2.16. The first-order valence-corrected chi connectivity index (χ1v) is 7.31. The van der Waals surface area contributed by atoms with Crippen LogP contribution in [-0.4, -0.2) is 19.1 Å². The minimum Gasteiger partial charge on any atom is -0.378 e. The molecule has 1 aromatic rings. The number of nitriles is 1. The van der Waals surface area contributed by atoms with Crippen molar-refractivity contribution in [1.29, 1.82) is 5.26 Å². The average molecular weight is 276 g/mol. The molecule has 3 aliphatic rings. The van der Waals surface area contributed by atoms with Gasteiger partial charge in [0.15, 0.2) is 0 Å². The van der Waals surface area contributed by atoms with Crippen LogP contribution in [-0.2, 0) is 0 Å². The van der Waals surface area contributed by atoms with Gasteiger partial charge in [-0.25, -0.2) is 0 Å². The second kappa shape index (κ2) is 4.87. The first-order valence-electron chi connectivity index (χ1n) is 7.31. The molecule has 0 spiro atoms. The lowest BCUT2D eigenvalue weighted by Crippen LogP contribution is -2.52. The van der Waals surface area contributed by atoms with E-state index in [1.807, 2.05) is 12.3 Å². The monoisotopic (exact) mass is 276 g/mol. The van der Waals surface area contributed by atoms with Crippen molar-refractivity contribution in [2.24, 2.45) is 4.99 Å². The molecule has 0 amide bonds. The largest absolute Gasteiger partial charge is 0.378 e. The lowest BCUT2D eigenvalue weighted by Gasteiger charge is -2.30. The van der Waals surface area contributed by atoms with E-state index in [2.05, 4.69) is 46.0 Å². The van der Waals surface area contributed by atoms with Crippen LogP contribution in [0.15, 0.2) is 40.9 Å². The van der Waals surface area contributed by atoms with Gasteiger partial charge in [-0.15, -0.1) is 0 Å². The molecular formula is C17H16N4. The molecule has 1 aliphatic carbocycles. The molecular weight excluding hydrogens is 260 g/mol. The van der Waals surface area contributed by atoms with Crippen molar-refractivity contribution in [3.8, 4) is 6.07 Å². The van der Waals surface area contributed by atoms with E-state index in [9.17, 15) is 0 Å². The van der Waals surface area contributed by atoms with Crippen LogP contribution in [0.4, 0.5) is 5.69 Å². The molecule has 4 rings (SSSR count). The van der Waals surface area contributed by atoms with Crippen molar-refractivity contribution in [3.63, 3.8) is 0 Å². The van der Waals surface area contributed by atoms with Gasteiger partial charge in [0.05, 0.1) is 23.2 Å². The number of fused-ring (bicyclic) bond motifs is 1. The molecule has 0 radical (unpaired) electrons. The summed E-state index contributed by atoms with van der Waals surface area (Å²) in [7, 11) is 0. The number of allylic oxidation sites excluding steroid dienone is 4. The van der Waals surface area contributed by atoms with Gasteiger partial charge >= 0.3 is 0 Å². The van der Waals surface area contributed by atoms with E-state index in [-0.39, 0.29) is 5.92 Å². The molecule has 1 atom stereocenters. The van der Waals surface area contributed by atoms with Gasteiger partial charge in [-0.1, -0.05) is 12.2 Å². The zero-order chi connectivity index (χ0) is 14.2. The molecule has 0 bridgehead atoms. The van der Waals surface area contributed by atoms with Gasteiger partial charge < -0.3 is 10.6 Å². The van der Waals surface area contributed by atoms with E-state index in [0.29, 0.717) is 6.04 Å². The maximum absolute atomic E-state index is 9.07. The van der Waals surface area contributed by atoms with E-state index >= 15 is 0 Å². The van der Waals surface area contributed by atoms with Crippen LogP contribution in [0.3, 0.4) is 0 Å². The zero-order valence-corrected chi connectivity index (χ0v) is 11.6. The highest BCUT2D eigenvalue weighted by Crippen LogP contribution is 2.27. The number of nitrogens with zero attached hydrogens (tertiary/aromatic N) is 2. The molecule has 104 valence electrons. The number of rotatable bonds is 3. The SMILES string of the molecule is N#CC1=CC(c2cc(NC3CNC3)c3c(c2)=CN=3)CC=C1. The van der Waals surface area contributed by atoms with Gasteiger partial charge in [-0.2, -0.15) is 5.26 Å². The molecule has 1 aromatic carbocycles. The summed E-state index contributed by atoms with van der Waals surface area (Å²) in [5.74, 6) is 0.281. The molecule has 4 heteroatoms. The summed E-state index contributed by atoms with van der Waals surface area (Å²) < 4.78 is 0. The van der Waals surface area contributed by atoms with Crippen LogP contribution in [0, 0.1) is 11.3 Å². The first kappa shape index (κ1) is 12.4. The topological polar surface area (TPSA) is 60.2 Å². The molecule has 1 unspecified atom stereocenters. The van der Waals surface area contributed by atoms with Crippen molar-refractivity contribution >= 4 is 11.9 Å². The molecule has 1 saturated heterocycles. The summed E-state index contributed by atoms with van der Waals surface area (Å²) in [6.45, 7) is 2.01. The molecule has 21 heavy (non-hydrogen) atoms. The minimum atomic E-state index is 0.281. The average Bonchev–Trinajstić information content (AvgIpc) is 2.44. The fourth-order valence-corrected chi connectivity index (χ4v) is 2.91.